The minimum Gasteiger partial charge on any atom is -0.508 e. The number of aliphatic hydroxyl groups excluding tert-OH is 1. The Morgan fingerprint density at radius 2 is 1.89 bits per heavy atom. The first-order valence-electron chi connectivity index (χ1n) is 9.05. The van der Waals surface area contributed by atoms with E-state index >= 15 is 0 Å². The van der Waals surface area contributed by atoms with Crippen LogP contribution in [0.4, 0.5) is 0 Å². The number of aliphatic hydroxyl groups is 1. The molecule has 0 spiro atoms. The second-order valence-electron chi connectivity index (χ2n) is 6.86. The summed E-state index contributed by atoms with van der Waals surface area (Å²) in [6.07, 6.45) is 0.161. The first-order valence-corrected chi connectivity index (χ1v) is 9.05. The predicted molar refractivity (Wildman–Crippen MR) is 99.1 cm³/mol. The molecule has 0 aliphatic carbocycles. The highest BCUT2D eigenvalue weighted by Gasteiger charge is 2.28. The molecule has 3 unspecified atom stereocenters. The van der Waals surface area contributed by atoms with Crippen molar-refractivity contribution in [3.05, 3.63) is 53.6 Å². The second-order valence-corrected chi connectivity index (χ2v) is 6.86. The van der Waals surface area contributed by atoms with Crippen molar-refractivity contribution in [2.24, 2.45) is 0 Å². The number of Topliss-reactive ketones (excluding diaryl/α,β-unsaturated/α-hetero) is 1. The van der Waals surface area contributed by atoms with Crippen LogP contribution < -0.4 is 4.74 Å². The zero-order valence-corrected chi connectivity index (χ0v) is 15.2. The Balaban J connectivity index is 1.72. The Morgan fingerprint density at radius 1 is 1.15 bits per heavy atom. The molecule has 1 saturated heterocycles. The minimum atomic E-state index is -0.672. The molecule has 0 saturated carbocycles. The fraction of sp³-hybridized carbons (Fsp3) is 0.381. The van der Waals surface area contributed by atoms with Gasteiger partial charge in [0.1, 0.15) is 22.8 Å². The van der Waals surface area contributed by atoms with Crippen LogP contribution in [0, 0.1) is 0 Å². The zero-order chi connectivity index (χ0) is 19.4. The molecule has 6 heteroatoms. The maximum absolute atomic E-state index is 12.7. The van der Waals surface area contributed by atoms with Crippen LogP contribution in [0.5, 0.6) is 17.2 Å². The monoisotopic (exact) mass is 372 g/mol. The van der Waals surface area contributed by atoms with Crippen molar-refractivity contribution < 1.29 is 29.6 Å². The van der Waals surface area contributed by atoms with Crippen LogP contribution in [0.2, 0.25) is 0 Å². The number of aryl methyl sites for hydroxylation is 1. The Kier molecular flexibility index (Phi) is 5.98. The molecule has 1 aliphatic rings. The smallest absolute Gasteiger partial charge is 0.202 e. The molecule has 0 amide bonds. The van der Waals surface area contributed by atoms with E-state index in [4.69, 9.17) is 9.47 Å². The number of phenolic OH excluding ortho intramolecular Hbond substituents is 2. The Hall–Kier alpha value is -2.57. The average Bonchev–Trinajstić information content (AvgIpc) is 2.60. The summed E-state index contributed by atoms with van der Waals surface area (Å²) in [6, 6.07) is 11.3. The number of benzene rings is 2. The number of hydrogen-bond acceptors (Lipinski definition) is 6. The lowest BCUT2D eigenvalue weighted by Crippen LogP contribution is -2.37. The van der Waals surface area contributed by atoms with Gasteiger partial charge in [0.2, 0.25) is 6.29 Å². The highest BCUT2D eigenvalue weighted by molar-refractivity contribution is 6.01. The number of rotatable bonds is 6. The van der Waals surface area contributed by atoms with E-state index in [0.717, 1.165) is 5.56 Å². The molecule has 0 radical (unpaired) electrons. The van der Waals surface area contributed by atoms with Crippen molar-refractivity contribution in [2.45, 2.75) is 51.1 Å². The molecule has 3 atom stereocenters. The van der Waals surface area contributed by atoms with Crippen molar-refractivity contribution in [1.29, 1.82) is 0 Å². The van der Waals surface area contributed by atoms with Crippen LogP contribution in [0.15, 0.2) is 42.5 Å². The lowest BCUT2D eigenvalue weighted by molar-refractivity contribution is -0.170. The fourth-order valence-electron chi connectivity index (χ4n) is 3.23. The molecule has 2 aromatic carbocycles. The third-order valence-corrected chi connectivity index (χ3v) is 4.57. The van der Waals surface area contributed by atoms with E-state index < -0.39 is 12.4 Å². The van der Waals surface area contributed by atoms with Gasteiger partial charge < -0.3 is 24.8 Å². The van der Waals surface area contributed by atoms with Crippen LogP contribution in [0.3, 0.4) is 0 Å². The summed E-state index contributed by atoms with van der Waals surface area (Å²) < 4.78 is 11.5. The van der Waals surface area contributed by atoms with Crippen molar-refractivity contribution in [3.63, 3.8) is 0 Å². The molecule has 0 bridgehead atoms. The highest BCUT2D eigenvalue weighted by atomic mass is 16.7. The molecule has 144 valence electrons. The highest BCUT2D eigenvalue weighted by Crippen LogP contribution is 2.32. The quantitative estimate of drug-likeness (QED) is 0.674. The lowest BCUT2D eigenvalue weighted by atomic mass is 10.0. The largest absolute Gasteiger partial charge is 0.508 e. The average molecular weight is 372 g/mol. The molecule has 3 N–H and O–H groups in total. The van der Waals surface area contributed by atoms with E-state index in [1.54, 1.807) is 36.4 Å². The van der Waals surface area contributed by atoms with E-state index in [1.165, 1.54) is 6.07 Å². The number of carbonyl (C=O) groups is 1. The maximum atomic E-state index is 12.7. The summed E-state index contributed by atoms with van der Waals surface area (Å²) in [5, 5.41) is 29.4. The van der Waals surface area contributed by atoms with E-state index in [1.807, 2.05) is 6.92 Å². The summed E-state index contributed by atoms with van der Waals surface area (Å²) >= 11 is 0. The van der Waals surface area contributed by atoms with Gasteiger partial charge >= 0.3 is 0 Å². The molecule has 27 heavy (non-hydrogen) atoms. The molecule has 1 fully saturated rings. The predicted octanol–water partition coefficient (Wildman–Crippen LogP) is 3.18. The maximum Gasteiger partial charge on any atom is 0.202 e. The Morgan fingerprint density at radius 3 is 2.59 bits per heavy atom. The van der Waals surface area contributed by atoms with Crippen LogP contribution in [-0.2, 0) is 11.2 Å². The molecule has 1 heterocycles. The SMILES string of the molecule is CC1CC(O)CC(Oc2cccc(O)c2C(=O)CCc2ccc(O)cc2)O1. The standard InChI is InChI=1S/C21H24O6/c1-13-11-16(23)12-20(26-13)27-19-4-2-3-17(24)21(19)18(25)10-7-14-5-8-15(22)9-6-14/h2-6,8-9,13,16,20,22-24H,7,10-12H2,1H3. The molecular weight excluding hydrogens is 348 g/mol. The van der Waals surface area contributed by atoms with Gasteiger partial charge in [-0.15, -0.1) is 0 Å². The summed E-state index contributed by atoms with van der Waals surface area (Å²) in [5.41, 5.74) is 1.03. The van der Waals surface area contributed by atoms with Gasteiger partial charge in [0, 0.05) is 12.8 Å². The summed E-state index contributed by atoms with van der Waals surface area (Å²) in [7, 11) is 0. The molecule has 0 aromatic heterocycles. The second kappa shape index (κ2) is 8.41. The summed E-state index contributed by atoms with van der Waals surface area (Å²) in [6.45, 7) is 1.85. The van der Waals surface area contributed by atoms with Crippen LogP contribution in [0.25, 0.3) is 0 Å². The van der Waals surface area contributed by atoms with Gasteiger partial charge in [-0.25, -0.2) is 0 Å². The van der Waals surface area contributed by atoms with Gasteiger partial charge in [-0.05, 0) is 49.6 Å². The summed E-state index contributed by atoms with van der Waals surface area (Å²) in [4.78, 5) is 12.7. The van der Waals surface area contributed by atoms with Crippen molar-refractivity contribution in [3.8, 4) is 17.2 Å². The lowest BCUT2D eigenvalue weighted by Gasteiger charge is -2.31. The molecule has 1 aliphatic heterocycles. The van der Waals surface area contributed by atoms with Gasteiger partial charge in [-0.3, -0.25) is 4.79 Å². The number of hydrogen-bond donors (Lipinski definition) is 3. The summed E-state index contributed by atoms with van der Waals surface area (Å²) in [5.74, 6) is 0.0237. The molecule has 3 rings (SSSR count). The number of aromatic hydroxyl groups is 2. The Labute approximate surface area is 158 Å². The van der Waals surface area contributed by atoms with Crippen molar-refractivity contribution in [2.75, 3.05) is 0 Å². The molecular formula is C21H24O6. The van der Waals surface area contributed by atoms with Crippen LogP contribution in [0.1, 0.15) is 42.1 Å². The third kappa shape index (κ3) is 4.99. The number of ether oxygens (including phenoxy) is 2. The molecule has 6 nitrogen and oxygen atoms in total. The van der Waals surface area contributed by atoms with Gasteiger partial charge in [0.15, 0.2) is 5.78 Å². The minimum absolute atomic E-state index is 0.118. The molecule has 2 aromatic rings. The normalized spacial score (nSPS) is 22.4. The van der Waals surface area contributed by atoms with E-state index in [0.29, 0.717) is 19.3 Å². The first-order chi connectivity index (χ1) is 12.9. The Bertz CT molecular complexity index is 776. The van der Waals surface area contributed by atoms with Gasteiger partial charge in [-0.1, -0.05) is 18.2 Å². The van der Waals surface area contributed by atoms with E-state index in [9.17, 15) is 20.1 Å². The van der Waals surface area contributed by atoms with E-state index in [2.05, 4.69) is 0 Å². The van der Waals surface area contributed by atoms with E-state index in [-0.39, 0.29) is 41.1 Å². The third-order valence-electron chi connectivity index (χ3n) is 4.57. The zero-order valence-electron chi connectivity index (χ0n) is 15.2. The van der Waals surface area contributed by atoms with Gasteiger partial charge in [0.05, 0.1) is 12.2 Å². The fourth-order valence-corrected chi connectivity index (χ4v) is 3.23. The van der Waals surface area contributed by atoms with Crippen molar-refractivity contribution >= 4 is 5.78 Å². The topological polar surface area (TPSA) is 96.2 Å². The van der Waals surface area contributed by atoms with Gasteiger partial charge in [0.25, 0.3) is 0 Å². The first kappa shape index (κ1) is 19.2. The number of carbonyl (C=O) groups excluding carboxylic acids is 1. The van der Waals surface area contributed by atoms with Crippen LogP contribution in [-0.4, -0.2) is 39.6 Å². The van der Waals surface area contributed by atoms with Crippen molar-refractivity contribution in [1.82, 2.24) is 0 Å². The van der Waals surface area contributed by atoms with Gasteiger partial charge in [-0.2, -0.15) is 0 Å². The van der Waals surface area contributed by atoms with Crippen LogP contribution >= 0.6 is 0 Å². The number of ketones is 1. The number of phenols is 2.